The van der Waals surface area contributed by atoms with Gasteiger partial charge in [-0.1, -0.05) is 6.92 Å². The molecule has 1 aromatic rings. The molecule has 0 saturated carbocycles. The summed E-state index contributed by atoms with van der Waals surface area (Å²) in [6.45, 7) is 4.93. The van der Waals surface area contributed by atoms with Crippen molar-refractivity contribution in [2.45, 2.75) is 26.2 Å². The number of nitrogens with zero attached hydrogens (tertiary/aromatic N) is 3. The lowest BCUT2D eigenvalue weighted by Gasteiger charge is -2.38. The summed E-state index contributed by atoms with van der Waals surface area (Å²) in [6.07, 6.45) is 2.31. The highest BCUT2D eigenvalue weighted by atomic mass is 19.1. The van der Waals surface area contributed by atoms with Gasteiger partial charge in [0.15, 0.2) is 0 Å². The minimum Gasteiger partial charge on any atom is -0.368 e. The van der Waals surface area contributed by atoms with Gasteiger partial charge >= 0.3 is 0 Å². The molecule has 2 amide bonds. The van der Waals surface area contributed by atoms with Crippen LogP contribution >= 0.6 is 0 Å². The van der Waals surface area contributed by atoms with Crippen molar-refractivity contribution in [1.82, 2.24) is 4.90 Å². The van der Waals surface area contributed by atoms with Crippen LogP contribution in [0.2, 0.25) is 0 Å². The molecule has 1 aromatic carbocycles. The van der Waals surface area contributed by atoms with Gasteiger partial charge in [0.25, 0.3) is 0 Å². The molecule has 0 aliphatic carbocycles. The van der Waals surface area contributed by atoms with E-state index in [2.05, 4.69) is 11.8 Å². The first-order valence-corrected chi connectivity index (χ1v) is 8.23. The first-order valence-electron chi connectivity index (χ1n) is 8.23. The number of carbonyl (C=O) groups excluding carboxylic acids is 2. The number of rotatable bonds is 4. The first kappa shape index (κ1) is 15.8. The molecule has 2 heterocycles. The third-order valence-corrected chi connectivity index (χ3v) is 4.45. The van der Waals surface area contributed by atoms with Crippen molar-refractivity contribution < 1.29 is 14.0 Å². The first-order chi connectivity index (χ1) is 11.1. The summed E-state index contributed by atoms with van der Waals surface area (Å²) in [6, 6.07) is 4.54. The number of amides is 2. The molecule has 5 nitrogen and oxygen atoms in total. The predicted molar refractivity (Wildman–Crippen MR) is 87.1 cm³/mol. The van der Waals surface area contributed by atoms with Crippen molar-refractivity contribution >= 4 is 23.2 Å². The smallest absolute Gasteiger partial charge is 0.246 e. The average Bonchev–Trinajstić information content (AvgIpc) is 2.93. The van der Waals surface area contributed by atoms with Crippen LogP contribution in [0, 0.1) is 5.82 Å². The van der Waals surface area contributed by atoms with E-state index in [9.17, 15) is 14.0 Å². The Morgan fingerprint density at radius 1 is 1.17 bits per heavy atom. The van der Waals surface area contributed by atoms with Gasteiger partial charge in [0.2, 0.25) is 11.8 Å². The Balaban J connectivity index is 1.82. The normalized spacial score (nSPS) is 17.7. The molecule has 0 bridgehead atoms. The highest BCUT2D eigenvalue weighted by molar-refractivity contribution is 6.00. The molecule has 2 aliphatic rings. The van der Waals surface area contributed by atoms with Crippen molar-refractivity contribution in [1.29, 1.82) is 0 Å². The fourth-order valence-electron chi connectivity index (χ4n) is 3.32. The number of hydrogen-bond acceptors (Lipinski definition) is 3. The van der Waals surface area contributed by atoms with E-state index in [1.165, 1.54) is 12.1 Å². The molecule has 0 radical (unpaired) electrons. The molecule has 2 aliphatic heterocycles. The van der Waals surface area contributed by atoms with E-state index in [1.807, 2.05) is 0 Å². The van der Waals surface area contributed by atoms with Crippen molar-refractivity contribution in [3.8, 4) is 0 Å². The number of fused-ring (bicyclic) bond motifs is 1. The number of likely N-dealkylation sites (tertiary alicyclic amines) is 1. The van der Waals surface area contributed by atoms with Gasteiger partial charge in [0.1, 0.15) is 12.4 Å². The lowest BCUT2D eigenvalue weighted by molar-refractivity contribution is -0.132. The number of halogens is 1. The van der Waals surface area contributed by atoms with Gasteiger partial charge < -0.3 is 14.7 Å². The molecule has 0 unspecified atom stereocenters. The molecule has 0 N–H and O–H groups in total. The fourth-order valence-corrected chi connectivity index (χ4v) is 3.32. The second-order valence-electron chi connectivity index (χ2n) is 6.08. The number of anilines is 2. The molecule has 1 fully saturated rings. The van der Waals surface area contributed by atoms with Gasteiger partial charge in [-0.05, 0) is 31.0 Å². The van der Waals surface area contributed by atoms with E-state index in [4.69, 9.17) is 0 Å². The van der Waals surface area contributed by atoms with E-state index in [-0.39, 0.29) is 24.2 Å². The van der Waals surface area contributed by atoms with Crippen molar-refractivity contribution in [2.75, 3.05) is 42.5 Å². The van der Waals surface area contributed by atoms with Gasteiger partial charge in [-0.15, -0.1) is 0 Å². The van der Waals surface area contributed by atoms with Crippen LogP contribution in [0.1, 0.15) is 26.2 Å². The topological polar surface area (TPSA) is 43.9 Å². The van der Waals surface area contributed by atoms with Gasteiger partial charge in [-0.25, -0.2) is 4.39 Å². The standard InChI is InChI=1S/C17H22FN3O2/c1-2-7-19-9-10-21(14-6-5-13(18)11-15(14)19)17(23)12-20-8-3-4-16(20)22/h5-6,11H,2-4,7-10,12H2,1H3. The molecular weight excluding hydrogens is 297 g/mol. The van der Waals surface area contributed by atoms with Gasteiger partial charge in [0.05, 0.1) is 11.4 Å². The fraction of sp³-hybridized carbons (Fsp3) is 0.529. The number of benzene rings is 1. The van der Waals surface area contributed by atoms with Crippen LogP contribution in [0.5, 0.6) is 0 Å². The summed E-state index contributed by atoms with van der Waals surface area (Å²) in [5.74, 6) is -0.347. The zero-order chi connectivity index (χ0) is 16.4. The maximum absolute atomic E-state index is 13.6. The molecule has 0 spiro atoms. The summed E-state index contributed by atoms with van der Waals surface area (Å²) in [5.41, 5.74) is 1.50. The molecule has 0 atom stereocenters. The molecule has 3 rings (SSSR count). The van der Waals surface area contributed by atoms with E-state index in [1.54, 1.807) is 15.9 Å². The van der Waals surface area contributed by atoms with Gasteiger partial charge in [-0.3, -0.25) is 9.59 Å². The zero-order valence-electron chi connectivity index (χ0n) is 13.4. The minimum absolute atomic E-state index is 0.0438. The number of hydrogen-bond donors (Lipinski definition) is 0. The van der Waals surface area contributed by atoms with E-state index in [0.717, 1.165) is 30.8 Å². The van der Waals surface area contributed by atoms with Crippen LogP contribution in [0.25, 0.3) is 0 Å². The third kappa shape index (κ3) is 3.16. The molecule has 124 valence electrons. The van der Waals surface area contributed by atoms with Gasteiger partial charge in [-0.2, -0.15) is 0 Å². The highest BCUT2D eigenvalue weighted by Gasteiger charge is 2.30. The van der Waals surface area contributed by atoms with Crippen molar-refractivity contribution in [3.63, 3.8) is 0 Å². The summed E-state index contributed by atoms with van der Waals surface area (Å²) in [7, 11) is 0. The Bertz CT molecular complexity index is 620. The Hall–Kier alpha value is -2.11. The average molecular weight is 319 g/mol. The largest absolute Gasteiger partial charge is 0.368 e. The molecule has 6 heteroatoms. The summed E-state index contributed by atoms with van der Waals surface area (Å²) in [4.78, 5) is 29.8. The summed E-state index contributed by atoms with van der Waals surface area (Å²) < 4.78 is 13.6. The van der Waals surface area contributed by atoms with Crippen molar-refractivity contribution in [3.05, 3.63) is 24.0 Å². The Labute approximate surface area is 135 Å². The molecule has 0 aromatic heterocycles. The Kier molecular flexibility index (Phi) is 4.50. The molecule has 1 saturated heterocycles. The molecule has 23 heavy (non-hydrogen) atoms. The Morgan fingerprint density at radius 2 is 2.00 bits per heavy atom. The monoisotopic (exact) mass is 319 g/mol. The van der Waals surface area contributed by atoms with E-state index >= 15 is 0 Å². The maximum Gasteiger partial charge on any atom is 0.246 e. The van der Waals surface area contributed by atoms with Crippen LogP contribution in [-0.4, -0.2) is 49.4 Å². The maximum atomic E-state index is 13.6. The van der Waals surface area contributed by atoms with E-state index in [0.29, 0.717) is 26.1 Å². The van der Waals surface area contributed by atoms with Crippen LogP contribution in [0.3, 0.4) is 0 Å². The zero-order valence-corrected chi connectivity index (χ0v) is 13.4. The summed E-state index contributed by atoms with van der Waals surface area (Å²) >= 11 is 0. The quantitative estimate of drug-likeness (QED) is 0.853. The van der Waals surface area contributed by atoms with E-state index < -0.39 is 0 Å². The van der Waals surface area contributed by atoms with Crippen LogP contribution in [0.4, 0.5) is 15.8 Å². The van der Waals surface area contributed by atoms with Gasteiger partial charge in [0, 0.05) is 32.6 Å². The predicted octanol–water partition coefficient (Wildman–Crippen LogP) is 2.01. The second kappa shape index (κ2) is 6.56. The van der Waals surface area contributed by atoms with Crippen molar-refractivity contribution in [2.24, 2.45) is 0 Å². The van der Waals surface area contributed by atoms with Crippen LogP contribution in [-0.2, 0) is 9.59 Å². The van der Waals surface area contributed by atoms with Crippen LogP contribution in [0.15, 0.2) is 18.2 Å². The molecular formula is C17H22FN3O2. The SMILES string of the molecule is CCCN1CCN(C(=O)CN2CCCC2=O)c2ccc(F)cc21. The Morgan fingerprint density at radius 3 is 2.70 bits per heavy atom. The number of carbonyl (C=O) groups is 2. The minimum atomic E-state index is -0.297. The summed E-state index contributed by atoms with van der Waals surface area (Å²) in [5, 5.41) is 0. The lowest BCUT2D eigenvalue weighted by Crippen LogP contribution is -2.48. The van der Waals surface area contributed by atoms with Crippen LogP contribution < -0.4 is 9.80 Å². The second-order valence-corrected chi connectivity index (χ2v) is 6.08. The lowest BCUT2D eigenvalue weighted by atomic mass is 10.1. The third-order valence-electron chi connectivity index (χ3n) is 4.45. The highest BCUT2D eigenvalue weighted by Crippen LogP contribution is 2.34.